The lowest BCUT2D eigenvalue weighted by Gasteiger charge is -2.22. The van der Waals surface area contributed by atoms with Crippen LogP contribution in [0.5, 0.6) is 0 Å². The van der Waals surface area contributed by atoms with Crippen LogP contribution in [0.2, 0.25) is 0 Å². The Morgan fingerprint density at radius 3 is 2.36 bits per heavy atom. The molecule has 146 valence electrons. The smallest absolute Gasteiger partial charge is 0.229 e. The molecule has 0 saturated carbocycles. The van der Waals surface area contributed by atoms with Crippen molar-refractivity contribution in [1.29, 1.82) is 0 Å². The maximum absolute atomic E-state index is 13.8. The van der Waals surface area contributed by atoms with Crippen LogP contribution in [0, 0.1) is 18.6 Å². The predicted octanol–water partition coefficient (Wildman–Crippen LogP) is 5.40. The van der Waals surface area contributed by atoms with Crippen molar-refractivity contribution in [2.45, 2.75) is 20.8 Å². The first kappa shape index (κ1) is 19.5. The van der Waals surface area contributed by atoms with E-state index in [9.17, 15) is 8.78 Å². The number of nitrogens with zero attached hydrogens (tertiary/aromatic N) is 3. The zero-order chi connectivity index (χ0) is 20.1. The standard InChI is InChI=1S/C21H23F2N5/c1-4-28(5-2)16-7-9-18(14(3)12-16)26-21-24-11-10-20(27-21)25-19-8-6-15(22)13-17(19)23/h6-13H,4-5H2,1-3H3,(H2,24,25,26,27). The van der Waals surface area contributed by atoms with Crippen LogP contribution in [0.3, 0.4) is 0 Å². The molecule has 0 amide bonds. The first-order chi connectivity index (χ1) is 13.5. The van der Waals surface area contributed by atoms with Gasteiger partial charge in [-0.25, -0.2) is 13.8 Å². The highest BCUT2D eigenvalue weighted by Gasteiger charge is 2.08. The molecule has 0 radical (unpaired) electrons. The first-order valence-electron chi connectivity index (χ1n) is 9.18. The largest absolute Gasteiger partial charge is 0.372 e. The maximum atomic E-state index is 13.8. The summed E-state index contributed by atoms with van der Waals surface area (Å²) in [5.74, 6) is -0.528. The molecule has 0 aliphatic carbocycles. The monoisotopic (exact) mass is 383 g/mol. The lowest BCUT2D eigenvalue weighted by molar-refractivity contribution is 0.586. The van der Waals surface area contributed by atoms with Crippen molar-refractivity contribution >= 4 is 28.8 Å². The van der Waals surface area contributed by atoms with Gasteiger partial charge in [-0.3, -0.25) is 0 Å². The van der Waals surface area contributed by atoms with Crippen molar-refractivity contribution in [3.05, 3.63) is 65.9 Å². The Bertz CT molecular complexity index is 957. The molecule has 5 nitrogen and oxygen atoms in total. The number of halogens is 2. The fraction of sp³-hybridized carbons (Fsp3) is 0.238. The second kappa shape index (κ2) is 8.65. The number of aromatic nitrogens is 2. The Morgan fingerprint density at radius 1 is 0.929 bits per heavy atom. The molecule has 28 heavy (non-hydrogen) atoms. The molecule has 1 aromatic heterocycles. The predicted molar refractivity (Wildman–Crippen MR) is 110 cm³/mol. The average Bonchev–Trinajstić information content (AvgIpc) is 2.67. The van der Waals surface area contributed by atoms with Crippen molar-refractivity contribution in [3.63, 3.8) is 0 Å². The fourth-order valence-corrected chi connectivity index (χ4v) is 2.91. The van der Waals surface area contributed by atoms with Crippen LogP contribution in [0.15, 0.2) is 48.7 Å². The third-order valence-electron chi connectivity index (χ3n) is 4.43. The van der Waals surface area contributed by atoms with E-state index >= 15 is 0 Å². The highest BCUT2D eigenvalue weighted by atomic mass is 19.1. The second-order valence-corrected chi connectivity index (χ2v) is 6.31. The van der Waals surface area contributed by atoms with Gasteiger partial charge >= 0.3 is 0 Å². The Kier molecular flexibility index (Phi) is 6.03. The molecule has 0 saturated heterocycles. The second-order valence-electron chi connectivity index (χ2n) is 6.31. The Hall–Kier alpha value is -3.22. The quantitative estimate of drug-likeness (QED) is 0.572. The Balaban J connectivity index is 1.77. The van der Waals surface area contributed by atoms with E-state index in [0.29, 0.717) is 11.8 Å². The van der Waals surface area contributed by atoms with Crippen molar-refractivity contribution < 1.29 is 8.78 Å². The van der Waals surface area contributed by atoms with E-state index in [2.05, 4.69) is 51.5 Å². The third-order valence-corrected chi connectivity index (χ3v) is 4.43. The third kappa shape index (κ3) is 4.54. The lowest BCUT2D eigenvalue weighted by atomic mass is 10.1. The molecule has 0 aliphatic rings. The summed E-state index contributed by atoms with van der Waals surface area (Å²) in [6, 6.07) is 11.1. The van der Waals surface area contributed by atoms with Crippen LogP contribution in [0.4, 0.5) is 37.6 Å². The minimum absolute atomic E-state index is 0.144. The summed E-state index contributed by atoms with van der Waals surface area (Å²) in [7, 11) is 0. The molecule has 0 atom stereocenters. The zero-order valence-electron chi connectivity index (χ0n) is 16.1. The average molecular weight is 383 g/mol. The summed E-state index contributed by atoms with van der Waals surface area (Å²) >= 11 is 0. The van der Waals surface area contributed by atoms with E-state index in [4.69, 9.17) is 0 Å². The van der Waals surface area contributed by atoms with Crippen molar-refractivity contribution in [2.24, 2.45) is 0 Å². The van der Waals surface area contributed by atoms with Crippen LogP contribution in [-0.4, -0.2) is 23.1 Å². The summed E-state index contributed by atoms with van der Waals surface area (Å²) in [5.41, 5.74) is 3.26. The number of aryl methyl sites for hydroxylation is 1. The summed E-state index contributed by atoms with van der Waals surface area (Å²) in [4.78, 5) is 10.8. The van der Waals surface area contributed by atoms with E-state index < -0.39 is 11.6 Å². The van der Waals surface area contributed by atoms with Gasteiger partial charge < -0.3 is 15.5 Å². The Labute approximate surface area is 163 Å². The molecule has 0 bridgehead atoms. The van der Waals surface area contributed by atoms with Gasteiger partial charge in [0.1, 0.15) is 17.5 Å². The molecule has 0 spiro atoms. The van der Waals surface area contributed by atoms with Gasteiger partial charge in [0.15, 0.2) is 0 Å². The van der Waals surface area contributed by atoms with Gasteiger partial charge in [-0.1, -0.05) is 0 Å². The molecule has 2 aromatic carbocycles. The van der Waals surface area contributed by atoms with E-state index in [-0.39, 0.29) is 5.69 Å². The van der Waals surface area contributed by atoms with Crippen molar-refractivity contribution in [3.8, 4) is 0 Å². The van der Waals surface area contributed by atoms with Gasteiger partial charge in [0.2, 0.25) is 5.95 Å². The minimum atomic E-state index is -0.684. The molecule has 0 unspecified atom stereocenters. The highest BCUT2D eigenvalue weighted by Crippen LogP contribution is 2.25. The maximum Gasteiger partial charge on any atom is 0.229 e. The summed E-state index contributed by atoms with van der Waals surface area (Å²) in [5, 5.41) is 6.03. The van der Waals surface area contributed by atoms with Crippen LogP contribution in [0.25, 0.3) is 0 Å². The van der Waals surface area contributed by atoms with E-state index in [1.807, 2.05) is 13.0 Å². The van der Waals surface area contributed by atoms with Crippen LogP contribution in [-0.2, 0) is 0 Å². The molecule has 1 heterocycles. The number of rotatable bonds is 7. The number of benzene rings is 2. The number of hydrogen-bond acceptors (Lipinski definition) is 5. The van der Waals surface area contributed by atoms with Crippen LogP contribution < -0.4 is 15.5 Å². The molecular weight excluding hydrogens is 360 g/mol. The van der Waals surface area contributed by atoms with Gasteiger partial charge in [0, 0.05) is 36.7 Å². The SMILES string of the molecule is CCN(CC)c1ccc(Nc2nccc(Nc3ccc(F)cc3F)n2)c(C)c1. The van der Waals surface area contributed by atoms with Crippen molar-refractivity contribution in [2.75, 3.05) is 28.6 Å². The van der Waals surface area contributed by atoms with E-state index in [0.717, 1.165) is 36.1 Å². The molecule has 0 aliphatic heterocycles. The summed E-state index contributed by atoms with van der Waals surface area (Å²) in [6.07, 6.45) is 1.57. The first-order valence-corrected chi connectivity index (χ1v) is 9.18. The molecule has 7 heteroatoms. The molecular formula is C21H23F2N5. The van der Waals surface area contributed by atoms with Gasteiger partial charge in [-0.15, -0.1) is 0 Å². The number of anilines is 5. The summed E-state index contributed by atoms with van der Waals surface area (Å²) < 4.78 is 26.9. The van der Waals surface area contributed by atoms with Gasteiger partial charge in [-0.05, 0) is 62.7 Å². The topological polar surface area (TPSA) is 53.1 Å². The van der Waals surface area contributed by atoms with Gasteiger partial charge in [0.25, 0.3) is 0 Å². The number of nitrogens with one attached hydrogen (secondary N) is 2. The van der Waals surface area contributed by atoms with Crippen LogP contribution >= 0.6 is 0 Å². The molecule has 0 fully saturated rings. The number of hydrogen-bond donors (Lipinski definition) is 2. The Morgan fingerprint density at radius 2 is 1.68 bits per heavy atom. The molecule has 3 aromatic rings. The minimum Gasteiger partial charge on any atom is -0.372 e. The highest BCUT2D eigenvalue weighted by molar-refractivity contribution is 5.65. The lowest BCUT2D eigenvalue weighted by Crippen LogP contribution is -2.21. The van der Waals surface area contributed by atoms with E-state index in [1.165, 1.54) is 12.1 Å². The molecule has 3 rings (SSSR count). The van der Waals surface area contributed by atoms with Gasteiger partial charge in [0.05, 0.1) is 5.69 Å². The van der Waals surface area contributed by atoms with Crippen LogP contribution in [0.1, 0.15) is 19.4 Å². The normalized spacial score (nSPS) is 10.6. The summed E-state index contributed by atoms with van der Waals surface area (Å²) in [6.45, 7) is 8.16. The fourth-order valence-electron chi connectivity index (χ4n) is 2.91. The van der Waals surface area contributed by atoms with Crippen molar-refractivity contribution in [1.82, 2.24) is 9.97 Å². The zero-order valence-corrected chi connectivity index (χ0v) is 16.1. The van der Waals surface area contributed by atoms with E-state index in [1.54, 1.807) is 12.3 Å². The van der Waals surface area contributed by atoms with Gasteiger partial charge in [-0.2, -0.15) is 4.98 Å². The molecule has 2 N–H and O–H groups in total.